The fourth-order valence-electron chi connectivity index (χ4n) is 15.6. The minimum atomic E-state index is -2.89. The van der Waals surface area contributed by atoms with E-state index in [1.165, 1.54) is 32.2 Å². The number of carbonyl (C=O) groups excluding carboxylic acids is 4. The van der Waals surface area contributed by atoms with Gasteiger partial charge < -0.3 is 105 Å². The average molecular weight is 1300 g/mol. The van der Waals surface area contributed by atoms with Gasteiger partial charge in [0.05, 0.1) is 91.1 Å². The predicted octanol–water partition coefficient (Wildman–Crippen LogP) is 1.03. The van der Waals surface area contributed by atoms with Crippen LogP contribution in [-0.4, -0.2) is 261 Å². The number of esters is 1. The Balaban J connectivity index is 0.000000335. The molecule has 0 aromatic heterocycles. The van der Waals surface area contributed by atoms with Gasteiger partial charge in [-0.25, -0.2) is 0 Å². The van der Waals surface area contributed by atoms with Gasteiger partial charge in [0, 0.05) is 56.1 Å². The van der Waals surface area contributed by atoms with Crippen LogP contribution >= 0.6 is 0 Å². The first-order valence-corrected chi connectivity index (χ1v) is 31.4. The summed E-state index contributed by atoms with van der Waals surface area (Å²) in [5, 5.41) is 107. The Kier molecular flexibility index (Phi) is 24.4. The monoisotopic (exact) mass is 1300 g/mol. The van der Waals surface area contributed by atoms with Crippen LogP contribution in [0.2, 0.25) is 0 Å². The van der Waals surface area contributed by atoms with Gasteiger partial charge in [-0.15, -0.1) is 0 Å². The first-order chi connectivity index (χ1) is 41.9. The molecule has 7 aliphatic rings. The second kappa shape index (κ2) is 29.3. The maximum Gasteiger partial charge on any atom is 0.311 e. The number of primary amides is 1. The highest BCUT2D eigenvalue weighted by Gasteiger charge is 2.67. The van der Waals surface area contributed by atoms with Crippen molar-refractivity contribution in [3.8, 4) is 5.75 Å². The third-order valence-corrected chi connectivity index (χ3v) is 20.4. The number of phenols is 1. The maximum atomic E-state index is 14.5. The lowest BCUT2D eigenvalue weighted by Gasteiger charge is -2.53. The van der Waals surface area contributed by atoms with E-state index in [0.717, 1.165) is 0 Å². The number of hydrogen-bond donors (Lipinski definition) is 11. The highest BCUT2D eigenvalue weighted by Crippen LogP contribution is 2.56. The number of aliphatic hydroxyl groups is 8. The Morgan fingerprint density at radius 1 is 0.835 bits per heavy atom. The predicted molar refractivity (Wildman–Crippen MR) is 327 cm³/mol. The standard InChI is InChI=1S/C42H78N2O14.C22H24N2O8.H2O/c1-15-29-42(10,49)37-24(4)32(43-30(56-37)21-52-17-16-50-13)22(2)19-40(8,48)36(58-39-33(45)28(44(11)12)18-23(3)53-39)25(5)34(26(6)38(47)55-29)57-31-20-41(9,51-14)35(46)27(7)54-31;1-7-8-5-4-6-9(25)11(8)16(26)12-10(7)17(27)14-15(24(2)3)18(28)13(21(23)31)20(30)22(14,32)19(12)29;/h22-37,39,43,45-46,48-49H,15-21H2,1-14H3;4-7,10,14-15,17,25,27-29,32H,1-3H3,(H2,23,31);1H2/t22-,23-,24+,25+,26-,27+,28+,29-,30-,31+,32+,33-,34+,35+,36-,37+,39+,40-,41-,42-;7-,10+,14+,15-,17-,22-;/m10./s1. The van der Waals surface area contributed by atoms with Crippen molar-refractivity contribution in [1.82, 2.24) is 15.1 Å². The Hall–Kier alpha value is -4.34. The van der Waals surface area contributed by atoms with Crippen molar-refractivity contribution >= 4 is 23.4 Å². The molecule has 1 amide bonds. The number of ether oxygens (including phenoxy) is 9. The zero-order chi connectivity index (χ0) is 67.3. The summed E-state index contributed by atoms with van der Waals surface area (Å²) < 4.78 is 55.7. The normalized spacial score (nSPS) is 43.1. The number of cyclic esters (lactones) is 1. The zero-order valence-electron chi connectivity index (χ0n) is 55.7. The lowest BCUT2D eigenvalue weighted by molar-refractivity contribution is -0.318. The molecule has 1 aromatic rings. The van der Waals surface area contributed by atoms with Gasteiger partial charge in [-0.05, 0) is 112 Å². The fraction of sp³-hybridized carbons (Fsp3) is 0.781. The van der Waals surface area contributed by atoms with Crippen LogP contribution in [0.25, 0.3) is 0 Å². The van der Waals surface area contributed by atoms with Crippen molar-refractivity contribution in [2.75, 3.05) is 62.2 Å². The first kappa shape index (κ1) is 75.7. The van der Waals surface area contributed by atoms with E-state index >= 15 is 0 Å². The summed E-state index contributed by atoms with van der Waals surface area (Å²) in [4.78, 5) is 56.3. The highest BCUT2D eigenvalue weighted by molar-refractivity contribution is 6.25. The molecule has 26 atom stereocenters. The van der Waals surface area contributed by atoms with Crippen LogP contribution in [0.4, 0.5) is 0 Å². The number of nitrogens with zero attached hydrogens (tertiary/aromatic N) is 2. The number of phenolic OH excluding ortho intramolecular Hbond substituents is 1. The number of nitrogens with two attached hydrogens (primary N) is 1. The third-order valence-electron chi connectivity index (χ3n) is 20.4. The average Bonchev–Trinajstić information content (AvgIpc) is 0.691. The van der Waals surface area contributed by atoms with Crippen LogP contribution in [0, 0.1) is 35.5 Å². The van der Waals surface area contributed by atoms with E-state index < -0.39 is 172 Å². The molecule has 14 N–H and O–H groups in total. The number of rotatable bonds is 14. The van der Waals surface area contributed by atoms with Gasteiger partial charge in [0.2, 0.25) is 5.78 Å². The van der Waals surface area contributed by atoms with Crippen molar-refractivity contribution in [1.29, 1.82) is 0 Å². The fourth-order valence-corrected chi connectivity index (χ4v) is 15.6. The molecule has 2 bridgehead atoms. The molecular formula is C64H104N4O23. The zero-order valence-corrected chi connectivity index (χ0v) is 55.7. The highest BCUT2D eigenvalue weighted by atomic mass is 16.7. The number of benzene rings is 1. The molecule has 3 aliphatic carbocycles. The van der Waals surface area contributed by atoms with E-state index in [1.807, 2.05) is 53.6 Å². The first-order valence-electron chi connectivity index (χ1n) is 31.4. The number of nitrogens with one attached hydrogen (secondary N) is 1. The molecule has 0 spiro atoms. The van der Waals surface area contributed by atoms with E-state index in [4.69, 9.17) is 48.4 Å². The van der Waals surface area contributed by atoms with E-state index in [2.05, 4.69) is 5.32 Å². The molecule has 91 heavy (non-hydrogen) atoms. The summed E-state index contributed by atoms with van der Waals surface area (Å²) in [6, 6.07) is 2.57. The lowest BCUT2D eigenvalue weighted by Crippen LogP contribution is -2.68. The second-order valence-electron chi connectivity index (χ2n) is 27.4. The molecule has 27 heteroatoms. The summed E-state index contributed by atoms with van der Waals surface area (Å²) >= 11 is 0. The van der Waals surface area contributed by atoms with Gasteiger partial charge in [0.15, 0.2) is 24.0 Å². The molecule has 0 unspecified atom stereocenters. The minimum absolute atomic E-state index is 0. The summed E-state index contributed by atoms with van der Waals surface area (Å²) in [5.41, 5.74) is -2.91. The molecule has 4 fully saturated rings. The molecule has 4 saturated heterocycles. The Labute approximate surface area is 533 Å². The number of aliphatic hydroxyl groups excluding tert-OH is 5. The van der Waals surface area contributed by atoms with Crippen LogP contribution in [0.15, 0.2) is 40.9 Å². The van der Waals surface area contributed by atoms with Crippen molar-refractivity contribution < 1.29 is 113 Å². The minimum Gasteiger partial charge on any atom is -0.510 e. The number of amides is 1. The van der Waals surface area contributed by atoms with E-state index in [9.17, 15) is 65.1 Å². The van der Waals surface area contributed by atoms with Crippen molar-refractivity contribution in [3.63, 3.8) is 0 Å². The second-order valence-corrected chi connectivity index (χ2v) is 27.4. The van der Waals surface area contributed by atoms with Crippen molar-refractivity contribution in [2.24, 2.45) is 41.2 Å². The van der Waals surface area contributed by atoms with Gasteiger partial charge in [0.1, 0.15) is 53.0 Å². The van der Waals surface area contributed by atoms with Gasteiger partial charge in [-0.2, -0.15) is 0 Å². The van der Waals surface area contributed by atoms with Gasteiger partial charge in [-0.1, -0.05) is 46.8 Å². The number of methoxy groups -OCH3 is 2. The number of Topliss-reactive ketones (excluding diaryl/α,β-unsaturated/α-hetero) is 2. The smallest absolute Gasteiger partial charge is 0.311 e. The number of ketones is 2. The molecule has 518 valence electrons. The van der Waals surface area contributed by atoms with Gasteiger partial charge >= 0.3 is 5.97 Å². The summed E-state index contributed by atoms with van der Waals surface area (Å²) in [6.07, 6.45) is -9.88. The lowest BCUT2D eigenvalue weighted by atomic mass is 9.55. The molecule has 8 rings (SSSR count). The van der Waals surface area contributed by atoms with Crippen LogP contribution in [0.3, 0.4) is 0 Å². The largest absolute Gasteiger partial charge is 0.510 e. The molecule has 0 saturated carbocycles. The Bertz CT molecular complexity index is 2800. The molecule has 4 heterocycles. The molecule has 27 nitrogen and oxygen atoms in total. The summed E-state index contributed by atoms with van der Waals surface area (Å²) in [6.45, 7) is 20.8. The quantitative estimate of drug-likeness (QED) is 0.0704. The van der Waals surface area contributed by atoms with Crippen LogP contribution in [0.1, 0.15) is 124 Å². The summed E-state index contributed by atoms with van der Waals surface area (Å²) in [5.74, 6) is -11.8. The van der Waals surface area contributed by atoms with Crippen molar-refractivity contribution in [3.05, 3.63) is 52.0 Å². The summed E-state index contributed by atoms with van der Waals surface area (Å²) in [7, 11) is 9.88. The maximum absolute atomic E-state index is 14.5. The number of likely N-dealkylation sites (N-methyl/N-ethyl adjacent to an activating group) is 2. The van der Waals surface area contributed by atoms with Crippen LogP contribution in [0.5, 0.6) is 5.75 Å². The molecule has 1 aromatic carbocycles. The van der Waals surface area contributed by atoms with E-state index in [0.29, 0.717) is 25.2 Å². The number of aromatic hydroxyl groups is 1. The molecular weight excluding hydrogens is 1190 g/mol. The molecule has 4 aliphatic heterocycles. The SMILES string of the molecule is CC[C@H]1OC(=O)[C@H](C)[C@@H](O[C@H]2C[C@@](C)(OC)[C@@H](O)[C@H](C)O2)[C@H](C)[C@@H](O[C@@H]2O[C@H](C)C[C@H](N(C)C)[C@H]2O)[C@](C)(O)C[C@@H](C)[C@@H]2N[C@@H](COCCOC)O[C@@H]([C@H]2C)[C@]1(C)O.C[C@H]1c2cccc(O)c2C(=O)C2=C(O)[C@]3(O)C(=O)C(C(N)=O)=C(O)[C@@H](N(C)C)[C@@H]3[C@@H](O)[C@@H]21.O. The van der Waals surface area contributed by atoms with Crippen LogP contribution in [-0.2, 0) is 57.0 Å². The third kappa shape index (κ3) is 14.3. The Morgan fingerprint density at radius 3 is 2.07 bits per heavy atom. The van der Waals surface area contributed by atoms with Crippen molar-refractivity contribution in [2.45, 2.75) is 222 Å². The van der Waals surface area contributed by atoms with Crippen LogP contribution < -0.4 is 11.1 Å². The van der Waals surface area contributed by atoms with E-state index in [1.54, 1.807) is 60.8 Å². The van der Waals surface area contributed by atoms with E-state index in [-0.39, 0.29) is 72.7 Å². The van der Waals surface area contributed by atoms with Gasteiger partial charge in [-0.3, -0.25) is 29.4 Å². The van der Waals surface area contributed by atoms with Gasteiger partial charge in [0.25, 0.3) is 5.91 Å². The molecule has 0 radical (unpaired) electrons. The number of carbonyl (C=O) groups is 4. The topological polar surface area (TPSA) is 409 Å². The number of fused-ring (bicyclic) bond motifs is 5. The Morgan fingerprint density at radius 2 is 1.48 bits per heavy atom. The number of hydrogen-bond acceptors (Lipinski definition) is 25.